The number of aryl methyl sites for hydroxylation is 1. The lowest BCUT2D eigenvalue weighted by molar-refractivity contribution is 0.102. The van der Waals surface area contributed by atoms with Gasteiger partial charge >= 0.3 is 0 Å². The Kier molecular flexibility index (Phi) is 6.63. The molecule has 0 radical (unpaired) electrons. The minimum absolute atomic E-state index is 0.0914. The fourth-order valence-corrected chi connectivity index (χ4v) is 4.91. The number of halogens is 1. The second kappa shape index (κ2) is 9.00. The molecular weight excluding hydrogens is 432 g/mol. The molecule has 3 aromatic rings. The topological polar surface area (TPSA) is 101 Å². The van der Waals surface area contributed by atoms with Crippen LogP contribution in [-0.2, 0) is 10.0 Å². The third kappa shape index (κ3) is 5.39. The molecule has 1 amide bonds. The highest BCUT2D eigenvalue weighted by Crippen LogP contribution is 2.24. The molecule has 1 aromatic heterocycles. The summed E-state index contributed by atoms with van der Waals surface area (Å²) in [5.74, 6) is -0.430. The first-order valence-corrected chi connectivity index (χ1v) is 11.5. The maximum atomic E-state index is 12.7. The molecule has 0 aliphatic carbocycles. The number of nitrogens with zero attached hydrogens (tertiary/aromatic N) is 2. The van der Waals surface area contributed by atoms with E-state index < -0.39 is 22.0 Å². The van der Waals surface area contributed by atoms with Crippen molar-refractivity contribution in [3.05, 3.63) is 70.2 Å². The summed E-state index contributed by atoms with van der Waals surface area (Å²) >= 11 is 6.60. The molecule has 1 heterocycles. The van der Waals surface area contributed by atoms with Crippen molar-refractivity contribution in [2.24, 2.45) is 0 Å². The number of nitrogens with one attached hydrogen (secondary N) is 2. The number of benzene rings is 2. The van der Waals surface area contributed by atoms with Gasteiger partial charge in [0.2, 0.25) is 9.47 Å². The van der Waals surface area contributed by atoms with Gasteiger partial charge in [-0.2, -0.15) is 0 Å². The normalized spacial score (nSPS) is 12.5. The maximum absolute atomic E-state index is 12.7. The average molecular weight is 451 g/mol. The Morgan fingerprint density at radius 3 is 2.38 bits per heavy atom. The fraction of sp³-hybridized carbons (Fsp3) is 0.211. The first-order valence-electron chi connectivity index (χ1n) is 8.78. The number of rotatable bonds is 7. The summed E-state index contributed by atoms with van der Waals surface area (Å²) in [5, 5.41) is 10.6. The maximum Gasteiger partial charge on any atom is 0.270 e. The molecule has 0 aliphatic heterocycles. The molecule has 0 fully saturated rings. The van der Waals surface area contributed by atoms with Crippen LogP contribution in [0.1, 0.15) is 40.9 Å². The van der Waals surface area contributed by atoms with E-state index in [0.29, 0.717) is 17.0 Å². The standard InChI is InChI=1S/C19H19ClN4O3S2/c1-3-16(13-6-4-12(2)5-7-13)24-29(26,27)19-23-22-18(28-19)21-17(25)14-8-10-15(20)11-9-14/h4-11,16,24H,3H2,1-2H3,(H,21,22,25)/t16-/m0/s1. The highest BCUT2D eigenvalue weighted by Gasteiger charge is 2.25. The van der Waals surface area contributed by atoms with Crippen molar-refractivity contribution in [2.75, 3.05) is 5.32 Å². The van der Waals surface area contributed by atoms with E-state index in [1.54, 1.807) is 24.3 Å². The van der Waals surface area contributed by atoms with E-state index in [0.717, 1.165) is 22.5 Å². The van der Waals surface area contributed by atoms with Gasteiger partial charge in [0.15, 0.2) is 0 Å². The number of carbonyl (C=O) groups excluding carboxylic acids is 1. The zero-order chi connectivity index (χ0) is 21.0. The molecule has 0 saturated carbocycles. The Morgan fingerprint density at radius 2 is 1.76 bits per heavy atom. The molecule has 1 atom stereocenters. The van der Waals surface area contributed by atoms with Gasteiger partial charge in [-0.15, -0.1) is 10.2 Å². The number of amides is 1. The summed E-state index contributed by atoms with van der Waals surface area (Å²) in [7, 11) is -3.89. The van der Waals surface area contributed by atoms with Crippen LogP contribution in [0.15, 0.2) is 52.9 Å². The number of sulfonamides is 1. The van der Waals surface area contributed by atoms with E-state index >= 15 is 0 Å². The minimum atomic E-state index is -3.89. The predicted molar refractivity (Wildman–Crippen MR) is 114 cm³/mol. The molecule has 152 valence electrons. The van der Waals surface area contributed by atoms with Crippen molar-refractivity contribution < 1.29 is 13.2 Å². The van der Waals surface area contributed by atoms with Gasteiger partial charge in [-0.05, 0) is 43.2 Å². The molecular formula is C19H19ClN4O3S2. The van der Waals surface area contributed by atoms with Gasteiger partial charge in [-0.25, -0.2) is 13.1 Å². The van der Waals surface area contributed by atoms with Crippen LogP contribution in [-0.4, -0.2) is 24.5 Å². The quantitative estimate of drug-likeness (QED) is 0.526. The lowest BCUT2D eigenvalue weighted by Crippen LogP contribution is -2.28. The summed E-state index contributed by atoms with van der Waals surface area (Å²) in [5.41, 5.74) is 2.33. The molecule has 2 N–H and O–H groups in total. The molecule has 0 unspecified atom stereocenters. The van der Waals surface area contributed by atoms with Crippen LogP contribution in [0.25, 0.3) is 0 Å². The first kappa shape index (κ1) is 21.4. The van der Waals surface area contributed by atoms with Crippen LogP contribution in [0.5, 0.6) is 0 Å². The van der Waals surface area contributed by atoms with E-state index in [4.69, 9.17) is 11.6 Å². The molecule has 29 heavy (non-hydrogen) atoms. The van der Waals surface area contributed by atoms with E-state index in [2.05, 4.69) is 20.2 Å². The van der Waals surface area contributed by atoms with Crippen molar-refractivity contribution in [1.29, 1.82) is 0 Å². The summed E-state index contributed by atoms with van der Waals surface area (Å²) in [4.78, 5) is 12.2. The number of anilines is 1. The molecule has 2 aromatic carbocycles. The first-order chi connectivity index (χ1) is 13.8. The average Bonchev–Trinajstić information content (AvgIpc) is 3.17. The lowest BCUT2D eigenvalue weighted by Gasteiger charge is -2.16. The van der Waals surface area contributed by atoms with Crippen molar-refractivity contribution in [3.8, 4) is 0 Å². The van der Waals surface area contributed by atoms with Gasteiger partial charge in [0.1, 0.15) is 0 Å². The summed E-state index contributed by atoms with van der Waals surface area (Å²) in [6.07, 6.45) is 0.571. The van der Waals surface area contributed by atoms with Crippen LogP contribution in [0.4, 0.5) is 5.13 Å². The van der Waals surface area contributed by atoms with Gasteiger partial charge in [0, 0.05) is 16.6 Å². The molecule has 3 rings (SSSR count). The van der Waals surface area contributed by atoms with E-state index in [1.807, 2.05) is 38.1 Å². The second-order valence-electron chi connectivity index (χ2n) is 6.33. The number of hydrogen-bond donors (Lipinski definition) is 2. The second-order valence-corrected chi connectivity index (χ2v) is 9.63. The Labute approximate surface area is 178 Å². The van der Waals surface area contributed by atoms with E-state index in [-0.39, 0.29) is 9.47 Å². The Morgan fingerprint density at radius 1 is 1.10 bits per heavy atom. The van der Waals surface area contributed by atoms with Gasteiger partial charge < -0.3 is 0 Å². The van der Waals surface area contributed by atoms with Crippen LogP contribution < -0.4 is 10.0 Å². The van der Waals surface area contributed by atoms with Crippen molar-refractivity contribution in [3.63, 3.8) is 0 Å². The smallest absolute Gasteiger partial charge is 0.270 e. The van der Waals surface area contributed by atoms with Crippen LogP contribution in [0.3, 0.4) is 0 Å². The zero-order valence-corrected chi connectivity index (χ0v) is 18.1. The lowest BCUT2D eigenvalue weighted by atomic mass is 10.0. The molecule has 0 aliphatic rings. The number of aromatic nitrogens is 2. The number of hydrogen-bond acceptors (Lipinski definition) is 6. The SMILES string of the molecule is CC[C@H](NS(=O)(=O)c1nnc(NC(=O)c2ccc(Cl)cc2)s1)c1ccc(C)cc1. The van der Waals surface area contributed by atoms with Crippen LogP contribution in [0, 0.1) is 6.92 Å². The fourth-order valence-electron chi connectivity index (χ4n) is 2.56. The third-order valence-electron chi connectivity index (χ3n) is 4.15. The highest BCUT2D eigenvalue weighted by atomic mass is 35.5. The zero-order valence-electron chi connectivity index (χ0n) is 15.7. The molecule has 0 spiro atoms. The van der Waals surface area contributed by atoms with Crippen LogP contribution in [0.2, 0.25) is 5.02 Å². The number of carbonyl (C=O) groups is 1. The van der Waals surface area contributed by atoms with Gasteiger partial charge in [-0.1, -0.05) is 59.7 Å². The minimum Gasteiger partial charge on any atom is -0.296 e. The third-order valence-corrected chi connectivity index (χ3v) is 7.08. The molecule has 7 nitrogen and oxygen atoms in total. The van der Waals surface area contributed by atoms with Gasteiger partial charge in [0.05, 0.1) is 0 Å². The predicted octanol–water partition coefficient (Wildman–Crippen LogP) is 4.18. The summed E-state index contributed by atoms with van der Waals surface area (Å²) in [6, 6.07) is 13.6. The summed E-state index contributed by atoms with van der Waals surface area (Å²) < 4.78 is 27.9. The van der Waals surface area contributed by atoms with E-state index in [9.17, 15) is 13.2 Å². The van der Waals surface area contributed by atoms with Gasteiger partial charge in [-0.3, -0.25) is 10.1 Å². The van der Waals surface area contributed by atoms with Crippen molar-refractivity contribution >= 4 is 44.0 Å². The Bertz CT molecular complexity index is 1100. The Balaban J connectivity index is 1.73. The highest BCUT2D eigenvalue weighted by molar-refractivity contribution is 7.91. The van der Waals surface area contributed by atoms with Crippen LogP contribution >= 0.6 is 22.9 Å². The Hall–Kier alpha value is -2.33. The summed E-state index contributed by atoms with van der Waals surface area (Å²) in [6.45, 7) is 3.86. The monoisotopic (exact) mass is 450 g/mol. The van der Waals surface area contributed by atoms with Crippen molar-refractivity contribution in [2.45, 2.75) is 30.6 Å². The van der Waals surface area contributed by atoms with Gasteiger partial charge in [0.25, 0.3) is 15.9 Å². The molecule has 0 bridgehead atoms. The molecule has 0 saturated heterocycles. The molecule has 10 heteroatoms. The largest absolute Gasteiger partial charge is 0.296 e. The van der Waals surface area contributed by atoms with E-state index in [1.165, 1.54) is 0 Å². The van der Waals surface area contributed by atoms with Crippen molar-refractivity contribution in [1.82, 2.24) is 14.9 Å².